The van der Waals surface area contributed by atoms with Crippen LogP contribution < -0.4 is 5.73 Å². The van der Waals surface area contributed by atoms with Gasteiger partial charge < -0.3 is 10.2 Å². The van der Waals surface area contributed by atoms with Gasteiger partial charge in [-0.15, -0.1) is 10.2 Å². The van der Waals surface area contributed by atoms with Gasteiger partial charge in [0.05, 0.1) is 5.92 Å². The van der Waals surface area contributed by atoms with Crippen molar-refractivity contribution < 1.29 is 4.42 Å². The van der Waals surface area contributed by atoms with Gasteiger partial charge in [-0.25, -0.2) is 0 Å². The van der Waals surface area contributed by atoms with Crippen LogP contribution in [0.2, 0.25) is 0 Å². The largest absolute Gasteiger partial charge is 0.425 e. The minimum atomic E-state index is 0.112. The average molecular weight is 257 g/mol. The first kappa shape index (κ1) is 12.4. The summed E-state index contributed by atoms with van der Waals surface area (Å²) in [7, 11) is 0. The molecule has 1 aliphatic carbocycles. The summed E-state index contributed by atoms with van der Waals surface area (Å²) in [6, 6.07) is 8.36. The highest BCUT2D eigenvalue weighted by Gasteiger charge is 2.30. The molecule has 0 bridgehead atoms. The van der Waals surface area contributed by atoms with Crippen molar-refractivity contribution in [2.24, 2.45) is 5.73 Å². The Hall–Kier alpha value is -1.68. The number of benzene rings is 1. The summed E-state index contributed by atoms with van der Waals surface area (Å²) < 4.78 is 5.77. The lowest BCUT2D eigenvalue weighted by Gasteiger charge is -2.12. The maximum Gasteiger partial charge on any atom is 0.221 e. The average Bonchev–Trinajstić information content (AvgIpc) is 3.16. The molecule has 2 aromatic rings. The number of aromatic nitrogens is 2. The van der Waals surface area contributed by atoms with E-state index in [0.717, 1.165) is 12.3 Å². The van der Waals surface area contributed by atoms with Crippen LogP contribution in [0.1, 0.15) is 47.6 Å². The predicted molar refractivity (Wildman–Crippen MR) is 73.0 cm³/mol. The van der Waals surface area contributed by atoms with E-state index in [9.17, 15) is 0 Å². The third-order valence-electron chi connectivity index (χ3n) is 3.74. The normalized spacial score (nSPS) is 16.5. The first-order valence-corrected chi connectivity index (χ1v) is 6.85. The van der Waals surface area contributed by atoms with E-state index < -0.39 is 0 Å². The van der Waals surface area contributed by atoms with Crippen molar-refractivity contribution in [3.8, 4) is 0 Å². The number of rotatable bonds is 5. The van der Waals surface area contributed by atoms with E-state index in [0.29, 0.717) is 18.4 Å². The quantitative estimate of drug-likeness (QED) is 0.894. The number of nitrogens with zero attached hydrogens (tertiary/aromatic N) is 2. The van der Waals surface area contributed by atoms with Gasteiger partial charge in [-0.2, -0.15) is 0 Å². The molecule has 1 unspecified atom stereocenters. The van der Waals surface area contributed by atoms with E-state index in [4.69, 9.17) is 10.2 Å². The zero-order valence-corrected chi connectivity index (χ0v) is 11.2. The van der Waals surface area contributed by atoms with Crippen LogP contribution in [0.25, 0.3) is 0 Å². The Morgan fingerprint density at radius 2 is 2.11 bits per heavy atom. The molecule has 4 nitrogen and oxygen atoms in total. The maximum absolute atomic E-state index is 5.88. The second kappa shape index (κ2) is 5.13. The second-order valence-electron chi connectivity index (χ2n) is 5.32. The highest BCUT2D eigenvalue weighted by Crippen LogP contribution is 2.39. The zero-order chi connectivity index (χ0) is 13.2. The van der Waals surface area contributed by atoms with Gasteiger partial charge >= 0.3 is 0 Å². The van der Waals surface area contributed by atoms with E-state index >= 15 is 0 Å². The summed E-state index contributed by atoms with van der Waals surface area (Å²) in [5, 5.41) is 8.32. The van der Waals surface area contributed by atoms with Crippen molar-refractivity contribution in [2.75, 3.05) is 6.54 Å². The number of hydrogen-bond donors (Lipinski definition) is 1. The van der Waals surface area contributed by atoms with E-state index in [1.807, 2.05) is 6.07 Å². The molecule has 19 heavy (non-hydrogen) atoms. The Balaban J connectivity index is 1.77. The van der Waals surface area contributed by atoms with Gasteiger partial charge in [0.1, 0.15) is 0 Å². The molecule has 2 N–H and O–H groups in total. The summed E-state index contributed by atoms with van der Waals surface area (Å²) >= 11 is 0. The molecule has 1 atom stereocenters. The monoisotopic (exact) mass is 257 g/mol. The molecule has 4 heteroatoms. The molecule has 1 saturated carbocycles. The third-order valence-corrected chi connectivity index (χ3v) is 3.74. The minimum Gasteiger partial charge on any atom is -0.425 e. The van der Waals surface area contributed by atoms with Crippen LogP contribution in [0.5, 0.6) is 0 Å². The van der Waals surface area contributed by atoms with Crippen molar-refractivity contribution in [3.05, 3.63) is 47.2 Å². The minimum absolute atomic E-state index is 0.112. The number of aryl methyl sites for hydroxylation is 1. The SMILES string of the molecule is Cc1ccccc1CC(CN)c1nnc(C2CC2)o1. The molecule has 0 radical (unpaired) electrons. The van der Waals surface area contributed by atoms with E-state index in [-0.39, 0.29) is 5.92 Å². The van der Waals surface area contributed by atoms with Gasteiger partial charge in [-0.3, -0.25) is 0 Å². The molecule has 0 aliphatic heterocycles. The smallest absolute Gasteiger partial charge is 0.221 e. The van der Waals surface area contributed by atoms with Crippen molar-refractivity contribution in [1.29, 1.82) is 0 Å². The molecule has 1 aromatic carbocycles. The van der Waals surface area contributed by atoms with E-state index in [2.05, 4.69) is 35.3 Å². The second-order valence-corrected chi connectivity index (χ2v) is 5.32. The summed E-state index contributed by atoms with van der Waals surface area (Å²) in [6.07, 6.45) is 3.20. The van der Waals surface area contributed by atoms with Gasteiger partial charge in [0.15, 0.2) is 0 Å². The molecule has 1 fully saturated rings. The number of nitrogens with two attached hydrogens (primary N) is 1. The molecule has 100 valence electrons. The Morgan fingerprint density at radius 3 is 2.79 bits per heavy atom. The summed E-state index contributed by atoms with van der Waals surface area (Å²) in [4.78, 5) is 0. The summed E-state index contributed by atoms with van der Waals surface area (Å²) in [5.74, 6) is 2.09. The van der Waals surface area contributed by atoms with E-state index in [1.54, 1.807) is 0 Å². The molecule has 0 spiro atoms. The van der Waals surface area contributed by atoms with Gasteiger partial charge in [-0.1, -0.05) is 24.3 Å². The molecule has 3 rings (SSSR count). The zero-order valence-electron chi connectivity index (χ0n) is 11.2. The Bertz CT molecular complexity index is 560. The first-order valence-electron chi connectivity index (χ1n) is 6.85. The van der Waals surface area contributed by atoms with Crippen molar-refractivity contribution >= 4 is 0 Å². The summed E-state index contributed by atoms with van der Waals surface area (Å²) in [6.45, 7) is 2.65. The van der Waals surface area contributed by atoms with Crippen LogP contribution in [0, 0.1) is 6.92 Å². The molecule has 0 saturated heterocycles. The van der Waals surface area contributed by atoms with Crippen LogP contribution >= 0.6 is 0 Å². The molecular weight excluding hydrogens is 238 g/mol. The molecule has 1 aromatic heterocycles. The van der Waals surface area contributed by atoms with Crippen LogP contribution in [0.3, 0.4) is 0 Å². The molecule has 1 heterocycles. The maximum atomic E-state index is 5.88. The van der Waals surface area contributed by atoms with Crippen LogP contribution in [0.4, 0.5) is 0 Å². The highest BCUT2D eigenvalue weighted by atomic mass is 16.4. The van der Waals surface area contributed by atoms with E-state index in [1.165, 1.54) is 24.0 Å². The fourth-order valence-corrected chi connectivity index (χ4v) is 2.28. The lowest BCUT2D eigenvalue weighted by molar-refractivity contribution is 0.415. The molecule has 0 amide bonds. The van der Waals surface area contributed by atoms with Crippen molar-refractivity contribution in [2.45, 2.75) is 38.0 Å². The highest BCUT2D eigenvalue weighted by molar-refractivity contribution is 5.27. The Kier molecular flexibility index (Phi) is 3.34. The summed E-state index contributed by atoms with van der Waals surface area (Å²) in [5.41, 5.74) is 8.45. The fourth-order valence-electron chi connectivity index (χ4n) is 2.28. The predicted octanol–water partition coefficient (Wildman–Crippen LogP) is 2.54. The van der Waals surface area contributed by atoms with Crippen LogP contribution in [-0.4, -0.2) is 16.7 Å². The van der Waals surface area contributed by atoms with Crippen LogP contribution in [-0.2, 0) is 6.42 Å². The standard InChI is InChI=1S/C15H19N3O/c1-10-4-2-3-5-12(10)8-13(9-16)15-18-17-14(19-15)11-6-7-11/h2-5,11,13H,6-9,16H2,1H3. The van der Waals surface area contributed by atoms with Gasteiger partial charge in [-0.05, 0) is 37.3 Å². The first-order chi connectivity index (χ1) is 9.28. The fraction of sp³-hybridized carbons (Fsp3) is 0.467. The number of hydrogen-bond acceptors (Lipinski definition) is 4. The Morgan fingerprint density at radius 1 is 1.32 bits per heavy atom. The van der Waals surface area contributed by atoms with Crippen LogP contribution in [0.15, 0.2) is 28.7 Å². The lowest BCUT2D eigenvalue weighted by atomic mass is 9.96. The lowest BCUT2D eigenvalue weighted by Crippen LogP contribution is -2.16. The molecular formula is C15H19N3O. The Labute approximate surface area is 113 Å². The third kappa shape index (κ3) is 2.68. The molecule has 1 aliphatic rings. The van der Waals surface area contributed by atoms with Gasteiger partial charge in [0, 0.05) is 12.5 Å². The topological polar surface area (TPSA) is 64.9 Å². The van der Waals surface area contributed by atoms with Crippen molar-refractivity contribution in [1.82, 2.24) is 10.2 Å². The van der Waals surface area contributed by atoms with Gasteiger partial charge in [0.2, 0.25) is 11.8 Å². The van der Waals surface area contributed by atoms with Crippen molar-refractivity contribution in [3.63, 3.8) is 0 Å². The van der Waals surface area contributed by atoms with Gasteiger partial charge in [0.25, 0.3) is 0 Å².